The molecule has 1 saturated heterocycles. The van der Waals surface area contributed by atoms with Gasteiger partial charge in [-0.05, 0) is 25.2 Å². The minimum Gasteiger partial charge on any atom is -0.353 e. The Morgan fingerprint density at radius 2 is 2.42 bits per heavy atom. The van der Waals surface area contributed by atoms with Gasteiger partial charge in [0.15, 0.2) is 6.29 Å². The van der Waals surface area contributed by atoms with Gasteiger partial charge in [0.2, 0.25) is 0 Å². The first-order valence-corrected chi connectivity index (χ1v) is 5.74. The maximum atomic E-state index is 5.58. The van der Waals surface area contributed by atoms with Crippen LogP contribution in [0.25, 0.3) is 0 Å². The van der Waals surface area contributed by atoms with Gasteiger partial charge in [-0.25, -0.2) is 0 Å². The van der Waals surface area contributed by atoms with Crippen molar-refractivity contribution in [1.29, 1.82) is 0 Å². The van der Waals surface area contributed by atoms with Gasteiger partial charge in [-0.3, -0.25) is 0 Å². The third-order valence-electron chi connectivity index (χ3n) is 1.97. The molecule has 0 spiro atoms. The van der Waals surface area contributed by atoms with E-state index in [-0.39, 0.29) is 6.29 Å². The lowest BCUT2D eigenvalue weighted by Crippen LogP contribution is -2.24. The van der Waals surface area contributed by atoms with Crippen LogP contribution >= 0.6 is 15.9 Å². The van der Waals surface area contributed by atoms with Gasteiger partial charge in [-0.1, -0.05) is 22.9 Å². The van der Waals surface area contributed by atoms with Crippen LogP contribution in [-0.4, -0.2) is 24.8 Å². The smallest absolute Gasteiger partial charge is 0.157 e. The number of halogens is 1. The first kappa shape index (κ1) is 10.5. The van der Waals surface area contributed by atoms with Crippen LogP contribution in [-0.2, 0) is 9.47 Å². The Morgan fingerprint density at radius 3 is 3.00 bits per heavy atom. The summed E-state index contributed by atoms with van der Waals surface area (Å²) in [6.07, 6.45) is 3.57. The zero-order chi connectivity index (χ0) is 8.81. The van der Waals surface area contributed by atoms with E-state index in [1.54, 1.807) is 0 Å². The highest BCUT2D eigenvalue weighted by Gasteiger charge is 2.14. The average Bonchev–Trinajstić information content (AvgIpc) is 2.16. The van der Waals surface area contributed by atoms with E-state index in [0.29, 0.717) is 5.92 Å². The second-order valence-corrected chi connectivity index (χ2v) is 4.04. The van der Waals surface area contributed by atoms with E-state index in [1.165, 1.54) is 12.8 Å². The molecule has 0 aromatic rings. The van der Waals surface area contributed by atoms with E-state index < -0.39 is 0 Å². The largest absolute Gasteiger partial charge is 0.353 e. The molecule has 0 amide bonds. The number of rotatable bonds is 4. The van der Waals surface area contributed by atoms with Gasteiger partial charge in [0.1, 0.15) is 0 Å². The molecule has 1 rings (SSSR count). The molecule has 0 aromatic heterocycles. The summed E-state index contributed by atoms with van der Waals surface area (Å²) in [5, 5.41) is 1.000. The normalized spacial score (nSPS) is 27.0. The molecule has 1 heterocycles. The Labute approximate surface area is 82.7 Å². The highest BCUT2D eigenvalue weighted by molar-refractivity contribution is 9.09. The molecule has 0 radical (unpaired) electrons. The highest BCUT2D eigenvalue weighted by Crippen LogP contribution is 2.14. The molecule has 1 fully saturated rings. The molecule has 0 N–H and O–H groups in total. The lowest BCUT2D eigenvalue weighted by Gasteiger charge is -2.23. The highest BCUT2D eigenvalue weighted by atomic mass is 79.9. The van der Waals surface area contributed by atoms with Crippen LogP contribution in [0.4, 0.5) is 0 Å². The quantitative estimate of drug-likeness (QED) is 0.699. The Kier molecular flexibility index (Phi) is 5.19. The van der Waals surface area contributed by atoms with Gasteiger partial charge < -0.3 is 9.47 Å². The second-order valence-electron chi connectivity index (χ2n) is 3.39. The molecule has 3 heteroatoms. The van der Waals surface area contributed by atoms with Crippen molar-refractivity contribution >= 4 is 15.9 Å². The molecule has 0 saturated carbocycles. The van der Waals surface area contributed by atoms with Gasteiger partial charge in [-0.15, -0.1) is 0 Å². The summed E-state index contributed by atoms with van der Waals surface area (Å²) < 4.78 is 11.0. The van der Waals surface area contributed by atoms with E-state index in [4.69, 9.17) is 9.47 Å². The Bertz CT molecular complexity index is 113. The molecule has 2 atom stereocenters. The van der Waals surface area contributed by atoms with E-state index in [0.717, 1.165) is 25.0 Å². The number of hydrogen-bond donors (Lipinski definition) is 0. The molecule has 12 heavy (non-hydrogen) atoms. The second kappa shape index (κ2) is 5.95. The van der Waals surface area contributed by atoms with Gasteiger partial charge >= 0.3 is 0 Å². The average molecular weight is 237 g/mol. The van der Waals surface area contributed by atoms with Crippen molar-refractivity contribution in [2.45, 2.75) is 32.5 Å². The summed E-state index contributed by atoms with van der Waals surface area (Å²) in [4.78, 5) is 0. The van der Waals surface area contributed by atoms with Crippen molar-refractivity contribution in [2.24, 2.45) is 5.92 Å². The van der Waals surface area contributed by atoms with Crippen molar-refractivity contribution in [2.75, 3.05) is 18.5 Å². The lowest BCUT2D eigenvalue weighted by molar-refractivity contribution is -0.167. The first-order valence-electron chi connectivity index (χ1n) is 4.62. The van der Waals surface area contributed by atoms with Crippen molar-refractivity contribution in [3.63, 3.8) is 0 Å². The van der Waals surface area contributed by atoms with Crippen LogP contribution in [0.5, 0.6) is 0 Å². The summed E-state index contributed by atoms with van der Waals surface area (Å²) in [5.41, 5.74) is 0. The molecule has 0 aliphatic carbocycles. The minimum atomic E-state index is 0.0697. The SMILES string of the molecule is CC(CBr)CO[C@@H]1CCCCO1. The Morgan fingerprint density at radius 1 is 1.58 bits per heavy atom. The van der Waals surface area contributed by atoms with Crippen molar-refractivity contribution < 1.29 is 9.47 Å². The third kappa shape index (κ3) is 3.87. The third-order valence-corrected chi connectivity index (χ3v) is 3.07. The zero-order valence-electron chi connectivity index (χ0n) is 7.59. The number of hydrogen-bond acceptors (Lipinski definition) is 2. The Hall–Kier alpha value is 0.400. The predicted molar refractivity (Wildman–Crippen MR) is 52.5 cm³/mol. The van der Waals surface area contributed by atoms with Gasteiger partial charge in [0, 0.05) is 11.9 Å². The monoisotopic (exact) mass is 236 g/mol. The summed E-state index contributed by atoms with van der Waals surface area (Å²) >= 11 is 3.42. The van der Waals surface area contributed by atoms with Crippen molar-refractivity contribution in [3.05, 3.63) is 0 Å². The van der Waals surface area contributed by atoms with E-state index in [9.17, 15) is 0 Å². The fourth-order valence-corrected chi connectivity index (χ4v) is 1.35. The molecule has 72 valence electrons. The van der Waals surface area contributed by atoms with E-state index in [2.05, 4.69) is 22.9 Å². The van der Waals surface area contributed by atoms with E-state index >= 15 is 0 Å². The van der Waals surface area contributed by atoms with Gasteiger partial charge in [0.25, 0.3) is 0 Å². The van der Waals surface area contributed by atoms with Crippen LogP contribution in [0.2, 0.25) is 0 Å². The molecule has 0 aromatic carbocycles. The first-order chi connectivity index (χ1) is 5.83. The summed E-state index contributed by atoms with van der Waals surface area (Å²) in [6, 6.07) is 0. The minimum absolute atomic E-state index is 0.0697. The van der Waals surface area contributed by atoms with Crippen LogP contribution in [0.3, 0.4) is 0 Å². The fourth-order valence-electron chi connectivity index (χ4n) is 1.16. The maximum absolute atomic E-state index is 5.58. The van der Waals surface area contributed by atoms with Crippen LogP contribution in [0.1, 0.15) is 26.2 Å². The molecule has 2 nitrogen and oxygen atoms in total. The molecule has 1 aliphatic rings. The van der Waals surface area contributed by atoms with Crippen molar-refractivity contribution in [3.8, 4) is 0 Å². The summed E-state index contributed by atoms with van der Waals surface area (Å²) in [6.45, 7) is 3.83. The predicted octanol–water partition coefficient (Wildman–Crippen LogP) is 2.56. The molecular weight excluding hydrogens is 220 g/mol. The van der Waals surface area contributed by atoms with Crippen molar-refractivity contribution in [1.82, 2.24) is 0 Å². The number of ether oxygens (including phenoxy) is 2. The zero-order valence-corrected chi connectivity index (χ0v) is 9.18. The molecule has 1 aliphatic heterocycles. The summed E-state index contributed by atoms with van der Waals surface area (Å²) in [5.74, 6) is 0.579. The topological polar surface area (TPSA) is 18.5 Å². The number of alkyl halides is 1. The van der Waals surface area contributed by atoms with Crippen LogP contribution in [0.15, 0.2) is 0 Å². The fraction of sp³-hybridized carbons (Fsp3) is 1.00. The van der Waals surface area contributed by atoms with Gasteiger partial charge in [0.05, 0.1) is 6.61 Å². The molecule has 1 unspecified atom stereocenters. The lowest BCUT2D eigenvalue weighted by atomic mass is 10.2. The standard InChI is InChI=1S/C9H17BrO2/c1-8(6-10)7-12-9-4-2-3-5-11-9/h8-9H,2-7H2,1H3/t8?,9-/m1/s1. The molecule has 0 bridgehead atoms. The Balaban J connectivity index is 2.05. The summed E-state index contributed by atoms with van der Waals surface area (Å²) in [7, 11) is 0. The van der Waals surface area contributed by atoms with Gasteiger partial charge in [-0.2, -0.15) is 0 Å². The van der Waals surface area contributed by atoms with E-state index in [1.807, 2.05) is 0 Å². The molecular formula is C9H17BrO2. The maximum Gasteiger partial charge on any atom is 0.157 e. The van der Waals surface area contributed by atoms with Crippen LogP contribution in [0, 0.1) is 5.92 Å². The van der Waals surface area contributed by atoms with Crippen LogP contribution < -0.4 is 0 Å².